The number of hydrogen-bond donors (Lipinski definition) is 1. The van der Waals surface area contributed by atoms with Gasteiger partial charge in [0.05, 0.1) is 0 Å². The Bertz CT molecular complexity index is 147. The maximum absolute atomic E-state index is 10.4. The van der Waals surface area contributed by atoms with Gasteiger partial charge >= 0.3 is 0 Å². The standard InChI is InChI=1S/C7H11NO/c1-3-5-6(4-2)7(8)9/h3-4H,1,5H2,2H3,(H2,8,9). The molecule has 0 rings (SSSR count). The van der Waals surface area contributed by atoms with Gasteiger partial charge in [0.15, 0.2) is 0 Å². The van der Waals surface area contributed by atoms with Crippen LogP contribution in [0.3, 0.4) is 0 Å². The van der Waals surface area contributed by atoms with Crippen molar-refractivity contribution in [3.63, 3.8) is 0 Å². The van der Waals surface area contributed by atoms with Gasteiger partial charge in [-0.25, -0.2) is 0 Å². The molecule has 0 fully saturated rings. The van der Waals surface area contributed by atoms with Gasteiger partial charge in [-0.15, -0.1) is 6.58 Å². The first-order valence-electron chi connectivity index (χ1n) is 2.78. The second-order valence-corrected chi connectivity index (χ2v) is 1.67. The quantitative estimate of drug-likeness (QED) is 0.443. The van der Waals surface area contributed by atoms with Gasteiger partial charge in [0, 0.05) is 5.57 Å². The minimum atomic E-state index is -0.364. The van der Waals surface area contributed by atoms with Gasteiger partial charge < -0.3 is 5.73 Å². The molecule has 0 spiro atoms. The lowest BCUT2D eigenvalue weighted by molar-refractivity contribution is -0.114. The molecule has 0 radical (unpaired) electrons. The summed E-state index contributed by atoms with van der Waals surface area (Å²) in [4.78, 5) is 10.4. The van der Waals surface area contributed by atoms with Crippen LogP contribution >= 0.6 is 0 Å². The molecule has 9 heavy (non-hydrogen) atoms. The Morgan fingerprint density at radius 3 is 2.44 bits per heavy atom. The summed E-state index contributed by atoms with van der Waals surface area (Å²) >= 11 is 0. The third-order valence-corrected chi connectivity index (χ3v) is 1.03. The normalized spacial score (nSPS) is 11.0. The predicted molar refractivity (Wildman–Crippen MR) is 37.8 cm³/mol. The van der Waals surface area contributed by atoms with Crippen molar-refractivity contribution >= 4 is 5.91 Å². The van der Waals surface area contributed by atoms with Crippen molar-refractivity contribution in [1.82, 2.24) is 0 Å². The van der Waals surface area contributed by atoms with Crippen molar-refractivity contribution in [1.29, 1.82) is 0 Å². The van der Waals surface area contributed by atoms with Crippen molar-refractivity contribution in [2.45, 2.75) is 13.3 Å². The number of primary amides is 1. The number of carbonyl (C=O) groups excluding carboxylic acids is 1. The first-order chi connectivity index (χ1) is 4.22. The molecule has 0 aliphatic rings. The summed E-state index contributed by atoms with van der Waals surface area (Å²) in [5, 5.41) is 0. The van der Waals surface area contributed by atoms with E-state index in [1.165, 1.54) is 0 Å². The number of hydrogen-bond acceptors (Lipinski definition) is 1. The predicted octanol–water partition coefficient (Wildman–Crippen LogP) is 0.994. The van der Waals surface area contributed by atoms with Gasteiger partial charge in [-0.1, -0.05) is 12.2 Å². The molecule has 0 aromatic heterocycles. The van der Waals surface area contributed by atoms with E-state index in [9.17, 15) is 4.79 Å². The molecule has 2 nitrogen and oxygen atoms in total. The molecule has 0 atom stereocenters. The summed E-state index contributed by atoms with van der Waals surface area (Å²) < 4.78 is 0. The molecule has 0 aromatic rings. The van der Waals surface area contributed by atoms with Gasteiger partial charge in [-0.3, -0.25) is 4.79 Å². The fourth-order valence-corrected chi connectivity index (χ4v) is 0.516. The Hall–Kier alpha value is -1.05. The van der Waals surface area contributed by atoms with E-state index in [1.807, 2.05) is 0 Å². The number of amides is 1. The van der Waals surface area contributed by atoms with Gasteiger partial charge in [-0.2, -0.15) is 0 Å². The molecule has 50 valence electrons. The molecule has 0 saturated heterocycles. The Labute approximate surface area is 55.1 Å². The van der Waals surface area contributed by atoms with Crippen molar-refractivity contribution in [2.24, 2.45) is 5.73 Å². The first kappa shape index (κ1) is 7.95. The van der Waals surface area contributed by atoms with Gasteiger partial charge in [-0.05, 0) is 13.3 Å². The van der Waals surface area contributed by atoms with Crippen LogP contribution in [0.2, 0.25) is 0 Å². The topological polar surface area (TPSA) is 43.1 Å². The SMILES string of the molecule is C=CCC(=CC)C(N)=O. The van der Waals surface area contributed by atoms with E-state index in [2.05, 4.69) is 6.58 Å². The zero-order valence-electron chi connectivity index (χ0n) is 5.55. The third kappa shape index (κ3) is 2.69. The lowest BCUT2D eigenvalue weighted by Gasteiger charge is -1.93. The highest BCUT2D eigenvalue weighted by atomic mass is 16.1. The van der Waals surface area contributed by atoms with Crippen LogP contribution in [-0.4, -0.2) is 5.91 Å². The van der Waals surface area contributed by atoms with Crippen LogP contribution in [0.4, 0.5) is 0 Å². The van der Waals surface area contributed by atoms with E-state index >= 15 is 0 Å². The molecule has 2 N–H and O–H groups in total. The molecule has 0 aliphatic carbocycles. The number of rotatable bonds is 3. The van der Waals surface area contributed by atoms with E-state index in [-0.39, 0.29) is 5.91 Å². The summed E-state index contributed by atoms with van der Waals surface area (Å²) in [6.07, 6.45) is 3.91. The van der Waals surface area contributed by atoms with Crippen molar-refractivity contribution in [3.05, 3.63) is 24.3 Å². The van der Waals surface area contributed by atoms with Gasteiger partial charge in [0.25, 0.3) is 0 Å². The number of nitrogens with two attached hydrogens (primary N) is 1. The van der Waals surface area contributed by atoms with Crippen molar-refractivity contribution in [2.75, 3.05) is 0 Å². The Morgan fingerprint density at radius 2 is 2.33 bits per heavy atom. The average molecular weight is 125 g/mol. The minimum absolute atomic E-state index is 0.364. The average Bonchev–Trinajstić information content (AvgIpc) is 1.82. The largest absolute Gasteiger partial charge is 0.366 e. The summed E-state index contributed by atoms with van der Waals surface area (Å²) in [5.41, 5.74) is 5.59. The van der Waals surface area contributed by atoms with Gasteiger partial charge in [0.2, 0.25) is 5.91 Å². The Balaban J connectivity index is 4.00. The maximum Gasteiger partial charge on any atom is 0.244 e. The lowest BCUT2D eigenvalue weighted by Crippen LogP contribution is -2.12. The van der Waals surface area contributed by atoms with E-state index in [1.54, 1.807) is 19.1 Å². The van der Waals surface area contributed by atoms with Crippen LogP contribution in [0.25, 0.3) is 0 Å². The maximum atomic E-state index is 10.4. The van der Waals surface area contributed by atoms with Crippen LogP contribution < -0.4 is 5.73 Å². The molecule has 0 aromatic carbocycles. The molecular weight excluding hydrogens is 114 g/mol. The summed E-state index contributed by atoms with van der Waals surface area (Å²) in [7, 11) is 0. The highest BCUT2D eigenvalue weighted by Gasteiger charge is 1.97. The molecule has 0 bridgehead atoms. The molecule has 0 aliphatic heterocycles. The van der Waals surface area contributed by atoms with Crippen LogP contribution in [0.5, 0.6) is 0 Å². The van der Waals surface area contributed by atoms with Crippen LogP contribution in [0.1, 0.15) is 13.3 Å². The second-order valence-electron chi connectivity index (χ2n) is 1.67. The van der Waals surface area contributed by atoms with Crippen molar-refractivity contribution in [3.8, 4) is 0 Å². The summed E-state index contributed by atoms with van der Waals surface area (Å²) in [5.74, 6) is -0.364. The molecule has 0 unspecified atom stereocenters. The fourth-order valence-electron chi connectivity index (χ4n) is 0.516. The molecule has 1 amide bonds. The molecular formula is C7H11NO. The monoisotopic (exact) mass is 125 g/mol. The van der Waals surface area contributed by atoms with Gasteiger partial charge in [0.1, 0.15) is 0 Å². The van der Waals surface area contributed by atoms with Crippen LogP contribution in [0.15, 0.2) is 24.3 Å². The highest BCUT2D eigenvalue weighted by Crippen LogP contribution is 1.98. The van der Waals surface area contributed by atoms with E-state index in [0.29, 0.717) is 12.0 Å². The Kier molecular flexibility index (Phi) is 3.44. The second kappa shape index (κ2) is 3.89. The van der Waals surface area contributed by atoms with Crippen LogP contribution in [-0.2, 0) is 4.79 Å². The lowest BCUT2D eigenvalue weighted by atomic mass is 10.2. The van der Waals surface area contributed by atoms with E-state index in [0.717, 1.165) is 0 Å². The highest BCUT2D eigenvalue weighted by molar-refractivity contribution is 5.92. The number of carbonyl (C=O) groups is 1. The first-order valence-corrected chi connectivity index (χ1v) is 2.78. The van der Waals surface area contributed by atoms with E-state index < -0.39 is 0 Å². The van der Waals surface area contributed by atoms with Crippen molar-refractivity contribution < 1.29 is 4.79 Å². The van der Waals surface area contributed by atoms with Crippen LogP contribution in [0, 0.1) is 0 Å². The molecule has 0 saturated carbocycles. The third-order valence-electron chi connectivity index (χ3n) is 1.03. The zero-order chi connectivity index (χ0) is 7.28. The fraction of sp³-hybridized carbons (Fsp3) is 0.286. The summed E-state index contributed by atoms with van der Waals surface area (Å²) in [6.45, 7) is 5.26. The minimum Gasteiger partial charge on any atom is -0.366 e. The Morgan fingerprint density at radius 1 is 1.78 bits per heavy atom. The molecule has 0 heterocycles. The zero-order valence-corrected chi connectivity index (χ0v) is 5.55. The van der Waals surface area contributed by atoms with E-state index in [4.69, 9.17) is 5.73 Å². The smallest absolute Gasteiger partial charge is 0.244 e. The summed E-state index contributed by atoms with van der Waals surface area (Å²) in [6, 6.07) is 0. The molecule has 2 heteroatoms. The number of allylic oxidation sites excluding steroid dienone is 2.